The Balaban J connectivity index is 2.14. The van der Waals surface area contributed by atoms with E-state index < -0.39 is 17.6 Å². The zero-order valence-corrected chi connectivity index (χ0v) is 13.3. The SMILES string of the molecule is C[C@@H](NC(=O)/C(C#N)=C/c1ccc(C(F)(F)F)cc1)c1ccccc1. The van der Waals surface area contributed by atoms with Gasteiger partial charge in [-0.3, -0.25) is 4.79 Å². The summed E-state index contributed by atoms with van der Waals surface area (Å²) in [4.78, 5) is 12.2. The first-order valence-electron chi connectivity index (χ1n) is 7.46. The second-order valence-corrected chi connectivity index (χ2v) is 5.40. The minimum atomic E-state index is -4.43. The molecule has 25 heavy (non-hydrogen) atoms. The molecular weight excluding hydrogens is 329 g/mol. The molecule has 1 N–H and O–H groups in total. The summed E-state index contributed by atoms with van der Waals surface area (Å²) in [5, 5.41) is 11.9. The molecule has 3 nitrogen and oxygen atoms in total. The fourth-order valence-corrected chi connectivity index (χ4v) is 2.18. The minimum Gasteiger partial charge on any atom is -0.345 e. The Hall–Kier alpha value is -3.07. The molecule has 2 aromatic rings. The number of nitrogens with zero attached hydrogens (tertiary/aromatic N) is 1. The molecule has 0 aliphatic heterocycles. The molecular formula is C19H15F3N2O. The fourth-order valence-electron chi connectivity index (χ4n) is 2.18. The summed E-state index contributed by atoms with van der Waals surface area (Å²) < 4.78 is 37.6. The minimum absolute atomic E-state index is 0.178. The highest BCUT2D eigenvalue weighted by Crippen LogP contribution is 2.29. The first-order chi connectivity index (χ1) is 11.8. The summed E-state index contributed by atoms with van der Waals surface area (Å²) >= 11 is 0. The molecule has 0 aliphatic carbocycles. The third-order valence-electron chi connectivity index (χ3n) is 3.56. The van der Waals surface area contributed by atoms with Gasteiger partial charge in [-0.1, -0.05) is 42.5 Å². The van der Waals surface area contributed by atoms with E-state index in [2.05, 4.69) is 5.32 Å². The molecule has 1 atom stereocenters. The monoisotopic (exact) mass is 344 g/mol. The van der Waals surface area contributed by atoms with Crippen LogP contribution in [0.4, 0.5) is 13.2 Å². The molecule has 0 spiro atoms. The van der Waals surface area contributed by atoms with Crippen molar-refractivity contribution in [1.82, 2.24) is 5.32 Å². The van der Waals surface area contributed by atoms with Crippen LogP contribution in [-0.2, 0) is 11.0 Å². The highest BCUT2D eigenvalue weighted by Gasteiger charge is 2.29. The van der Waals surface area contributed by atoms with E-state index in [0.29, 0.717) is 5.56 Å². The average molecular weight is 344 g/mol. The smallest absolute Gasteiger partial charge is 0.345 e. The molecule has 2 aromatic carbocycles. The van der Waals surface area contributed by atoms with Crippen molar-refractivity contribution in [2.24, 2.45) is 0 Å². The van der Waals surface area contributed by atoms with E-state index in [-0.39, 0.29) is 11.6 Å². The van der Waals surface area contributed by atoms with Gasteiger partial charge in [-0.2, -0.15) is 18.4 Å². The summed E-state index contributed by atoms with van der Waals surface area (Å²) in [6, 6.07) is 14.9. The fraction of sp³-hybridized carbons (Fsp3) is 0.158. The van der Waals surface area contributed by atoms with E-state index in [1.54, 1.807) is 13.0 Å². The zero-order chi connectivity index (χ0) is 18.4. The van der Waals surface area contributed by atoms with Gasteiger partial charge >= 0.3 is 6.18 Å². The molecule has 0 saturated carbocycles. The number of nitrogens with one attached hydrogen (secondary N) is 1. The van der Waals surface area contributed by atoms with Crippen LogP contribution in [0.1, 0.15) is 29.7 Å². The van der Waals surface area contributed by atoms with Crippen molar-refractivity contribution in [3.8, 4) is 6.07 Å². The van der Waals surface area contributed by atoms with Crippen molar-refractivity contribution in [1.29, 1.82) is 5.26 Å². The summed E-state index contributed by atoms with van der Waals surface area (Å²) in [6.45, 7) is 1.78. The van der Waals surface area contributed by atoms with Crippen molar-refractivity contribution >= 4 is 12.0 Å². The normalized spacial score (nSPS) is 13.0. The van der Waals surface area contributed by atoms with E-state index >= 15 is 0 Å². The maximum Gasteiger partial charge on any atom is 0.416 e. The van der Waals surface area contributed by atoms with Crippen LogP contribution in [0, 0.1) is 11.3 Å². The number of rotatable bonds is 4. The Morgan fingerprint density at radius 3 is 2.24 bits per heavy atom. The third kappa shape index (κ3) is 4.95. The molecule has 0 aliphatic rings. The number of nitriles is 1. The van der Waals surface area contributed by atoms with Gasteiger partial charge in [0.05, 0.1) is 11.6 Å². The number of hydrogen-bond donors (Lipinski definition) is 1. The quantitative estimate of drug-likeness (QED) is 0.656. The number of hydrogen-bond acceptors (Lipinski definition) is 2. The highest BCUT2D eigenvalue weighted by molar-refractivity contribution is 6.01. The second-order valence-electron chi connectivity index (χ2n) is 5.40. The van der Waals surface area contributed by atoms with Crippen LogP contribution in [0.3, 0.4) is 0 Å². The van der Waals surface area contributed by atoms with Crippen LogP contribution < -0.4 is 5.32 Å². The number of carbonyl (C=O) groups is 1. The number of alkyl halides is 3. The summed E-state index contributed by atoms with van der Waals surface area (Å²) in [5.41, 5.74) is 0.252. The van der Waals surface area contributed by atoms with E-state index in [9.17, 15) is 18.0 Å². The van der Waals surface area contributed by atoms with Crippen molar-refractivity contribution < 1.29 is 18.0 Å². The first-order valence-corrected chi connectivity index (χ1v) is 7.46. The number of benzene rings is 2. The topological polar surface area (TPSA) is 52.9 Å². The van der Waals surface area contributed by atoms with Crippen LogP contribution in [0.5, 0.6) is 0 Å². The van der Waals surface area contributed by atoms with Gasteiger partial charge in [-0.05, 0) is 36.3 Å². The van der Waals surface area contributed by atoms with Gasteiger partial charge in [0.25, 0.3) is 5.91 Å². The Morgan fingerprint density at radius 1 is 1.12 bits per heavy atom. The van der Waals surface area contributed by atoms with Crippen molar-refractivity contribution in [3.63, 3.8) is 0 Å². The number of halogens is 3. The van der Waals surface area contributed by atoms with E-state index in [1.807, 2.05) is 30.3 Å². The van der Waals surface area contributed by atoms with Gasteiger partial charge in [0.15, 0.2) is 0 Å². The van der Waals surface area contributed by atoms with Gasteiger partial charge in [0, 0.05) is 0 Å². The molecule has 6 heteroatoms. The van der Waals surface area contributed by atoms with Crippen LogP contribution in [-0.4, -0.2) is 5.91 Å². The standard InChI is InChI=1S/C19H15F3N2O/c1-13(15-5-3-2-4-6-15)24-18(25)16(12-23)11-14-7-9-17(10-8-14)19(20,21)22/h2-11,13H,1H3,(H,24,25)/b16-11+/t13-/m1/s1. The van der Waals surface area contributed by atoms with Crippen LogP contribution in [0.25, 0.3) is 6.08 Å². The predicted octanol–water partition coefficient (Wildman–Crippen LogP) is 4.49. The molecule has 0 aromatic heterocycles. The van der Waals surface area contributed by atoms with Gasteiger partial charge < -0.3 is 5.32 Å². The molecule has 1 amide bonds. The lowest BCUT2D eigenvalue weighted by Gasteiger charge is -2.13. The Morgan fingerprint density at radius 2 is 1.72 bits per heavy atom. The maximum absolute atomic E-state index is 12.5. The molecule has 0 saturated heterocycles. The van der Waals surface area contributed by atoms with Gasteiger partial charge in [-0.25, -0.2) is 0 Å². The van der Waals surface area contributed by atoms with E-state index in [1.165, 1.54) is 18.2 Å². The highest BCUT2D eigenvalue weighted by atomic mass is 19.4. The lowest BCUT2D eigenvalue weighted by Crippen LogP contribution is -2.27. The maximum atomic E-state index is 12.5. The molecule has 2 rings (SSSR count). The van der Waals surface area contributed by atoms with E-state index in [0.717, 1.165) is 17.7 Å². The van der Waals surface area contributed by atoms with E-state index in [4.69, 9.17) is 5.26 Å². The van der Waals surface area contributed by atoms with Gasteiger partial charge in [0.1, 0.15) is 11.6 Å². The molecule has 0 bridgehead atoms. The largest absolute Gasteiger partial charge is 0.416 e. The molecule has 0 unspecified atom stereocenters. The summed E-state index contributed by atoms with van der Waals surface area (Å²) in [6.07, 6.45) is -3.17. The Bertz CT molecular complexity index is 803. The number of carbonyl (C=O) groups excluding carboxylic acids is 1. The second kappa shape index (κ2) is 7.67. The molecule has 0 heterocycles. The van der Waals surface area contributed by atoms with Crippen LogP contribution in [0.2, 0.25) is 0 Å². The molecule has 0 radical (unpaired) electrons. The Labute approximate surface area is 143 Å². The predicted molar refractivity (Wildman–Crippen MR) is 88.0 cm³/mol. The van der Waals surface area contributed by atoms with Crippen molar-refractivity contribution in [2.75, 3.05) is 0 Å². The van der Waals surface area contributed by atoms with Gasteiger partial charge in [-0.15, -0.1) is 0 Å². The zero-order valence-electron chi connectivity index (χ0n) is 13.3. The van der Waals surface area contributed by atoms with Crippen molar-refractivity contribution in [3.05, 3.63) is 76.9 Å². The van der Waals surface area contributed by atoms with Gasteiger partial charge in [0.2, 0.25) is 0 Å². The molecule has 128 valence electrons. The Kier molecular flexibility index (Phi) is 5.60. The lowest BCUT2D eigenvalue weighted by molar-refractivity contribution is -0.137. The van der Waals surface area contributed by atoms with Crippen molar-refractivity contribution in [2.45, 2.75) is 19.1 Å². The summed E-state index contributed by atoms with van der Waals surface area (Å²) in [5.74, 6) is -0.584. The van der Waals surface area contributed by atoms with Crippen LogP contribution in [0.15, 0.2) is 60.2 Å². The average Bonchev–Trinajstić information content (AvgIpc) is 2.60. The van der Waals surface area contributed by atoms with Crippen LogP contribution >= 0.6 is 0 Å². The third-order valence-corrected chi connectivity index (χ3v) is 3.56. The first kappa shape index (κ1) is 18.3. The number of amides is 1. The lowest BCUT2D eigenvalue weighted by atomic mass is 10.1. The summed E-state index contributed by atoms with van der Waals surface area (Å²) in [7, 11) is 0. The molecule has 0 fully saturated rings.